The van der Waals surface area contributed by atoms with Gasteiger partial charge in [-0.15, -0.1) is 0 Å². The first-order valence-electron chi connectivity index (χ1n) is 6.84. The second-order valence-corrected chi connectivity index (χ2v) is 6.27. The number of piperazine rings is 1. The highest BCUT2D eigenvalue weighted by Gasteiger charge is 2.47. The minimum atomic E-state index is -0.171. The van der Waals surface area contributed by atoms with Crippen molar-refractivity contribution in [2.24, 2.45) is 5.41 Å². The maximum atomic E-state index is 12.4. The van der Waals surface area contributed by atoms with Crippen LogP contribution < -0.4 is 0 Å². The number of carbonyl (C=O) groups is 2. The molecule has 0 aromatic carbocycles. The van der Waals surface area contributed by atoms with E-state index < -0.39 is 0 Å². The summed E-state index contributed by atoms with van der Waals surface area (Å²) < 4.78 is 0. The molecule has 1 unspecified atom stereocenters. The van der Waals surface area contributed by atoms with E-state index in [1.54, 1.807) is 9.80 Å². The second-order valence-electron chi connectivity index (χ2n) is 5.95. The summed E-state index contributed by atoms with van der Waals surface area (Å²) in [7, 11) is 0. The van der Waals surface area contributed by atoms with Gasteiger partial charge in [0.2, 0.25) is 11.8 Å². The highest BCUT2D eigenvalue weighted by Crippen LogP contribution is 2.47. The molecule has 2 amide bonds. The van der Waals surface area contributed by atoms with Gasteiger partial charge in [0.05, 0.1) is 6.54 Å². The zero-order valence-electron chi connectivity index (χ0n) is 10.6. The number of carbonyl (C=O) groups excluding carboxylic acids is 2. The Morgan fingerprint density at radius 3 is 2.72 bits per heavy atom. The first-order chi connectivity index (χ1) is 8.65. The van der Waals surface area contributed by atoms with Crippen LogP contribution in [-0.4, -0.2) is 53.0 Å². The summed E-state index contributed by atoms with van der Waals surface area (Å²) in [5.74, 6) is 1.12. The molecular formula is C13H20N2O2S. The van der Waals surface area contributed by atoms with E-state index in [1.807, 2.05) is 0 Å². The average molecular weight is 268 g/mol. The molecule has 0 bridgehead atoms. The van der Waals surface area contributed by atoms with Crippen molar-refractivity contribution < 1.29 is 9.59 Å². The number of rotatable bonds is 3. The Morgan fingerprint density at radius 2 is 2.06 bits per heavy atom. The lowest BCUT2D eigenvalue weighted by Gasteiger charge is -2.43. The molecule has 100 valence electrons. The fraction of sp³-hybridized carbons (Fsp3) is 0.846. The largest absolute Gasteiger partial charge is 0.331 e. The van der Waals surface area contributed by atoms with Gasteiger partial charge in [-0.1, -0.05) is 0 Å². The maximum absolute atomic E-state index is 12.4. The molecule has 2 aliphatic heterocycles. The molecule has 4 nitrogen and oxygen atoms in total. The minimum absolute atomic E-state index is 0.134. The molecule has 2 heterocycles. The monoisotopic (exact) mass is 268 g/mol. The van der Waals surface area contributed by atoms with Crippen LogP contribution in [-0.2, 0) is 9.59 Å². The van der Waals surface area contributed by atoms with Crippen LogP contribution in [0.15, 0.2) is 0 Å². The van der Waals surface area contributed by atoms with Crippen LogP contribution in [0, 0.1) is 5.41 Å². The van der Waals surface area contributed by atoms with E-state index in [1.165, 1.54) is 0 Å². The SMILES string of the molecule is O=C1C2CCCCN2C(=O)CN1CC1(CS)CC1. The molecule has 5 heteroatoms. The minimum Gasteiger partial charge on any atom is -0.331 e. The molecular weight excluding hydrogens is 248 g/mol. The Hall–Kier alpha value is -0.710. The lowest BCUT2D eigenvalue weighted by Crippen LogP contribution is -2.62. The van der Waals surface area contributed by atoms with Crippen molar-refractivity contribution in [3.63, 3.8) is 0 Å². The van der Waals surface area contributed by atoms with Crippen LogP contribution in [0.4, 0.5) is 0 Å². The summed E-state index contributed by atoms with van der Waals surface area (Å²) in [6.45, 7) is 1.77. The fourth-order valence-corrected chi connectivity index (χ4v) is 3.53. The third kappa shape index (κ3) is 2.02. The van der Waals surface area contributed by atoms with Gasteiger partial charge in [0.15, 0.2) is 0 Å². The molecule has 3 fully saturated rings. The predicted molar refractivity (Wildman–Crippen MR) is 71.5 cm³/mol. The van der Waals surface area contributed by atoms with Crippen molar-refractivity contribution >= 4 is 24.4 Å². The summed E-state index contributed by atoms with van der Waals surface area (Å²) in [6.07, 6.45) is 5.22. The smallest absolute Gasteiger partial charge is 0.245 e. The van der Waals surface area contributed by atoms with Crippen molar-refractivity contribution in [2.75, 3.05) is 25.4 Å². The van der Waals surface area contributed by atoms with Crippen molar-refractivity contribution in [2.45, 2.75) is 38.1 Å². The van der Waals surface area contributed by atoms with Crippen molar-refractivity contribution in [3.8, 4) is 0 Å². The molecule has 1 saturated carbocycles. The quantitative estimate of drug-likeness (QED) is 0.773. The molecule has 18 heavy (non-hydrogen) atoms. The number of amides is 2. The summed E-state index contributed by atoms with van der Waals surface area (Å²) in [6, 6.07) is -0.171. The normalized spacial score (nSPS) is 30.4. The van der Waals surface area contributed by atoms with Crippen LogP contribution in [0.25, 0.3) is 0 Å². The van der Waals surface area contributed by atoms with E-state index in [4.69, 9.17) is 0 Å². The third-order valence-corrected chi connectivity index (χ3v) is 5.24. The first-order valence-corrected chi connectivity index (χ1v) is 7.48. The van der Waals surface area contributed by atoms with Gasteiger partial charge in [0.1, 0.15) is 6.04 Å². The number of hydrogen-bond donors (Lipinski definition) is 1. The van der Waals surface area contributed by atoms with Crippen LogP contribution in [0.1, 0.15) is 32.1 Å². The summed E-state index contributed by atoms with van der Waals surface area (Å²) in [4.78, 5) is 28.1. The first kappa shape index (κ1) is 12.3. The zero-order chi connectivity index (χ0) is 12.8. The van der Waals surface area contributed by atoms with Gasteiger partial charge in [-0.05, 0) is 43.3 Å². The average Bonchev–Trinajstić information content (AvgIpc) is 3.16. The number of fused-ring (bicyclic) bond motifs is 1. The maximum Gasteiger partial charge on any atom is 0.245 e. The van der Waals surface area contributed by atoms with Gasteiger partial charge in [-0.25, -0.2) is 0 Å². The number of thiol groups is 1. The van der Waals surface area contributed by atoms with Gasteiger partial charge in [-0.2, -0.15) is 12.6 Å². The topological polar surface area (TPSA) is 40.6 Å². The van der Waals surface area contributed by atoms with Crippen molar-refractivity contribution in [3.05, 3.63) is 0 Å². The molecule has 0 radical (unpaired) electrons. The van der Waals surface area contributed by atoms with E-state index in [2.05, 4.69) is 12.6 Å². The summed E-state index contributed by atoms with van der Waals surface area (Å²) >= 11 is 4.37. The van der Waals surface area contributed by atoms with Gasteiger partial charge in [0.25, 0.3) is 0 Å². The van der Waals surface area contributed by atoms with E-state index in [0.717, 1.165) is 50.9 Å². The van der Waals surface area contributed by atoms with E-state index in [0.29, 0.717) is 0 Å². The lowest BCUT2D eigenvalue weighted by molar-refractivity contribution is -0.158. The Labute approximate surface area is 113 Å². The summed E-state index contributed by atoms with van der Waals surface area (Å²) in [5.41, 5.74) is 0.204. The Kier molecular flexibility index (Phi) is 3.04. The molecule has 1 aliphatic carbocycles. The lowest BCUT2D eigenvalue weighted by atomic mass is 9.97. The molecule has 3 rings (SSSR count). The molecule has 0 aromatic rings. The Balaban J connectivity index is 1.72. The third-order valence-electron chi connectivity index (χ3n) is 4.56. The Bertz CT molecular complexity index is 381. The molecule has 1 atom stereocenters. The molecule has 2 saturated heterocycles. The Morgan fingerprint density at radius 1 is 1.28 bits per heavy atom. The van der Waals surface area contributed by atoms with Gasteiger partial charge in [-0.3, -0.25) is 9.59 Å². The fourth-order valence-electron chi connectivity index (χ4n) is 3.11. The van der Waals surface area contributed by atoms with Crippen LogP contribution in [0.2, 0.25) is 0 Å². The van der Waals surface area contributed by atoms with Gasteiger partial charge < -0.3 is 9.80 Å². The predicted octanol–water partition coefficient (Wildman–Crippen LogP) is 0.920. The molecule has 0 spiro atoms. The van der Waals surface area contributed by atoms with E-state index >= 15 is 0 Å². The molecule has 3 aliphatic rings. The number of piperidine rings is 1. The molecule has 0 aromatic heterocycles. The van der Waals surface area contributed by atoms with Crippen LogP contribution in [0.5, 0.6) is 0 Å². The zero-order valence-corrected chi connectivity index (χ0v) is 11.5. The van der Waals surface area contributed by atoms with E-state index in [9.17, 15) is 9.59 Å². The standard InChI is InChI=1S/C13H20N2O2S/c16-11-7-14(8-13(9-18)4-5-13)12(17)10-3-1-2-6-15(10)11/h10,18H,1-9H2. The van der Waals surface area contributed by atoms with Gasteiger partial charge in [0, 0.05) is 13.1 Å². The number of hydrogen-bond acceptors (Lipinski definition) is 3. The van der Waals surface area contributed by atoms with Crippen LogP contribution >= 0.6 is 12.6 Å². The van der Waals surface area contributed by atoms with Gasteiger partial charge >= 0.3 is 0 Å². The summed E-state index contributed by atoms with van der Waals surface area (Å²) in [5, 5.41) is 0. The number of nitrogens with zero attached hydrogens (tertiary/aromatic N) is 2. The van der Waals surface area contributed by atoms with Crippen molar-refractivity contribution in [1.29, 1.82) is 0 Å². The van der Waals surface area contributed by atoms with Crippen LogP contribution in [0.3, 0.4) is 0 Å². The highest BCUT2D eigenvalue weighted by atomic mass is 32.1. The van der Waals surface area contributed by atoms with E-state index in [-0.39, 0.29) is 29.8 Å². The molecule has 0 N–H and O–H groups in total. The van der Waals surface area contributed by atoms with Crippen molar-refractivity contribution in [1.82, 2.24) is 9.80 Å². The second kappa shape index (κ2) is 4.44. The highest BCUT2D eigenvalue weighted by molar-refractivity contribution is 7.80.